The molecule has 1 fully saturated rings. The first-order chi connectivity index (χ1) is 16.9. The minimum Gasteiger partial charge on any atom is -0.460 e. The molecule has 1 aliphatic rings. The number of rotatable bonds is 10. The van der Waals surface area contributed by atoms with Gasteiger partial charge in [-0.1, -0.05) is 50.1 Å². The molecule has 0 saturated heterocycles. The first-order valence-electron chi connectivity index (χ1n) is 12.3. The predicted octanol–water partition coefficient (Wildman–Crippen LogP) is 4.89. The average Bonchev–Trinajstić information content (AvgIpc) is 3.28. The topological polar surface area (TPSA) is 128 Å². The van der Waals surface area contributed by atoms with E-state index >= 15 is 0 Å². The highest BCUT2D eigenvalue weighted by Gasteiger charge is 2.29. The van der Waals surface area contributed by atoms with Crippen molar-refractivity contribution in [3.63, 3.8) is 0 Å². The van der Waals surface area contributed by atoms with Crippen molar-refractivity contribution in [2.75, 3.05) is 0 Å². The van der Waals surface area contributed by atoms with E-state index in [-0.39, 0.29) is 17.2 Å². The second-order valence-electron chi connectivity index (χ2n) is 10.3. The van der Waals surface area contributed by atoms with E-state index in [1.165, 1.54) is 32.1 Å². The van der Waals surface area contributed by atoms with Crippen molar-refractivity contribution in [2.24, 2.45) is 5.92 Å². The first-order valence-corrected chi connectivity index (χ1v) is 13.8. The number of nitrogens with one attached hydrogen (secondary N) is 1. The molecule has 1 aromatic carbocycles. The highest BCUT2D eigenvalue weighted by atomic mass is 32.2. The van der Waals surface area contributed by atoms with Crippen LogP contribution >= 0.6 is 0 Å². The predicted molar refractivity (Wildman–Crippen MR) is 129 cm³/mol. The Balaban J connectivity index is 1.69. The third kappa shape index (κ3) is 8.39. The summed E-state index contributed by atoms with van der Waals surface area (Å²) in [4.78, 5) is 28.9. The molecule has 36 heavy (non-hydrogen) atoms. The van der Waals surface area contributed by atoms with Crippen LogP contribution in [0.4, 0.5) is 4.39 Å². The van der Waals surface area contributed by atoms with Crippen LogP contribution in [-0.4, -0.2) is 36.0 Å². The van der Waals surface area contributed by atoms with Gasteiger partial charge in [-0.25, -0.2) is 17.5 Å². The van der Waals surface area contributed by atoms with Gasteiger partial charge in [0.2, 0.25) is 5.89 Å². The molecule has 0 unspecified atom stereocenters. The molecule has 1 heterocycles. The number of ether oxygens (including phenoxy) is 1. The maximum Gasteiger partial charge on any atom is 0.307 e. The Morgan fingerprint density at radius 3 is 2.47 bits per heavy atom. The summed E-state index contributed by atoms with van der Waals surface area (Å²) in [6, 6.07) is 4.02. The van der Waals surface area contributed by atoms with Gasteiger partial charge in [0.05, 0.1) is 11.3 Å². The Kier molecular flexibility index (Phi) is 9.21. The van der Waals surface area contributed by atoms with Crippen molar-refractivity contribution in [1.29, 1.82) is 0 Å². The van der Waals surface area contributed by atoms with Crippen molar-refractivity contribution >= 4 is 21.9 Å². The smallest absolute Gasteiger partial charge is 0.307 e. The van der Waals surface area contributed by atoms with Crippen molar-refractivity contribution in [1.82, 2.24) is 14.9 Å². The molecule has 198 valence electrons. The van der Waals surface area contributed by atoms with Crippen molar-refractivity contribution < 1.29 is 31.7 Å². The standard InChI is InChI=1S/C25H34FN3O6S/c1-25(2,3)34-21(30)16-18(11-7-10-17-8-5-4-6-9-17)24-27-22(28-35-24)23(31)29-36(32,33)20-14-12-19(26)13-15-20/h12-15,17-18H,4-11,16H2,1-3H3,(H,29,31)/t18-/m1/s1. The Hall–Kier alpha value is -2.82. The van der Waals surface area contributed by atoms with Crippen LogP contribution in [0, 0.1) is 11.7 Å². The fourth-order valence-corrected chi connectivity index (χ4v) is 5.31. The lowest BCUT2D eigenvalue weighted by Gasteiger charge is -2.23. The van der Waals surface area contributed by atoms with E-state index in [0.717, 1.165) is 37.1 Å². The number of carbonyl (C=O) groups excluding carboxylic acids is 2. The van der Waals surface area contributed by atoms with E-state index in [0.29, 0.717) is 12.3 Å². The summed E-state index contributed by atoms with van der Waals surface area (Å²) in [7, 11) is -4.26. The summed E-state index contributed by atoms with van der Waals surface area (Å²) in [6.07, 6.45) is 8.66. The first kappa shape index (κ1) is 27.8. The number of halogens is 1. The van der Waals surface area contributed by atoms with E-state index in [4.69, 9.17) is 9.26 Å². The Bertz CT molecular complexity index is 1140. The molecular formula is C25H34FN3O6S. The van der Waals surface area contributed by atoms with Crippen LogP contribution in [0.15, 0.2) is 33.7 Å². The molecule has 1 aliphatic carbocycles. The Labute approximate surface area is 211 Å². The Morgan fingerprint density at radius 1 is 1.17 bits per heavy atom. The van der Waals surface area contributed by atoms with Gasteiger partial charge in [-0.15, -0.1) is 0 Å². The fraction of sp³-hybridized carbons (Fsp3) is 0.600. The number of carbonyl (C=O) groups is 2. The van der Waals surface area contributed by atoms with Gasteiger partial charge in [-0.05, 0) is 57.4 Å². The van der Waals surface area contributed by atoms with E-state index < -0.39 is 45.1 Å². The Morgan fingerprint density at radius 2 is 1.83 bits per heavy atom. The quantitative estimate of drug-likeness (QED) is 0.436. The number of esters is 1. The van der Waals surface area contributed by atoms with Gasteiger partial charge in [0, 0.05) is 5.92 Å². The summed E-state index contributed by atoms with van der Waals surface area (Å²) in [5.41, 5.74) is -0.654. The van der Waals surface area contributed by atoms with Gasteiger partial charge in [0.1, 0.15) is 11.4 Å². The van der Waals surface area contributed by atoms with Crippen LogP contribution in [0.2, 0.25) is 0 Å². The average molecular weight is 524 g/mol. The second kappa shape index (κ2) is 11.9. The molecule has 1 atom stereocenters. The van der Waals surface area contributed by atoms with Crippen molar-refractivity contribution in [3.05, 3.63) is 41.8 Å². The van der Waals surface area contributed by atoms with Crippen LogP contribution < -0.4 is 4.72 Å². The minimum atomic E-state index is -4.26. The maximum absolute atomic E-state index is 13.1. The molecule has 1 N–H and O–H groups in total. The number of sulfonamides is 1. The minimum absolute atomic E-state index is 0.000925. The van der Waals surface area contributed by atoms with Crippen LogP contribution in [-0.2, 0) is 19.6 Å². The highest BCUT2D eigenvalue weighted by Crippen LogP contribution is 2.31. The lowest BCUT2D eigenvalue weighted by atomic mass is 9.84. The van der Waals surface area contributed by atoms with Crippen molar-refractivity contribution in [2.45, 2.75) is 95.0 Å². The molecule has 1 aromatic heterocycles. The monoisotopic (exact) mass is 523 g/mol. The summed E-state index contributed by atoms with van der Waals surface area (Å²) in [5.74, 6) is -2.32. The van der Waals surface area contributed by atoms with Gasteiger partial charge in [-0.2, -0.15) is 4.98 Å². The SMILES string of the molecule is CC(C)(C)OC(=O)C[C@@H](CCCC1CCCCC1)c1nc(C(=O)NS(=O)(=O)c2ccc(F)cc2)no1. The van der Waals surface area contributed by atoms with Crippen molar-refractivity contribution in [3.8, 4) is 0 Å². The zero-order chi connectivity index (χ0) is 26.3. The number of amides is 1. The molecule has 0 spiro atoms. The lowest BCUT2D eigenvalue weighted by Crippen LogP contribution is -2.31. The third-order valence-electron chi connectivity index (χ3n) is 6.07. The van der Waals surface area contributed by atoms with Crippen LogP contribution in [0.1, 0.15) is 101 Å². The fourth-order valence-electron chi connectivity index (χ4n) is 4.36. The van der Waals surface area contributed by atoms with E-state index in [1.807, 2.05) is 4.72 Å². The van der Waals surface area contributed by atoms with Gasteiger partial charge in [0.15, 0.2) is 0 Å². The van der Waals surface area contributed by atoms with Crippen LogP contribution in [0.25, 0.3) is 0 Å². The number of hydrogen-bond donors (Lipinski definition) is 1. The molecule has 0 aliphatic heterocycles. The van der Waals surface area contributed by atoms with Gasteiger partial charge in [-0.3, -0.25) is 9.59 Å². The molecule has 1 amide bonds. The highest BCUT2D eigenvalue weighted by molar-refractivity contribution is 7.90. The van der Waals surface area contributed by atoms with Gasteiger partial charge in [0.25, 0.3) is 15.8 Å². The van der Waals surface area contributed by atoms with Gasteiger partial charge < -0.3 is 9.26 Å². The third-order valence-corrected chi connectivity index (χ3v) is 7.41. The number of hydrogen-bond acceptors (Lipinski definition) is 8. The van der Waals surface area contributed by atoms with E-state index in [1.54, 1.807) is 20.8 Å². The van der Waals surface area contributed by atoms with Crippen LogP contribution in [0.5, 0.6) is 0 Å². The van der Waals surface area contributed by atoms with E-state index in [2.05, 4.69) is 10.1 Å². The number of benzene rings is 1. The number of aromatic nitrogens is 2. The normalized spacial score (nSPS) is 15.9. The summed E-state index contributed by atoms with van der Waals surface area (Å²) >= 11 is 0. The summed E-state index contributed by atoms with van der Waals surface area (Å²) in [5, 5.41) is 3.63. The molecule has 9 nitrogen and oxygen atoms in total. The number of nitrogens with zero attached hydrogens (tertiary/aromatic N) is 2. The van der Waals surface area contributed by atoms with Crippen LogP contribution in [0.3, 0.4) is 0 Å². The second-order valence-corrected chi connectivity index (χ2v) is 11.9. The zero-order valence-corrected chi connectivity index (χ0v) is 21.8. The van der Waals surface area contributed by atoms with E-state index in [9.17, 15) is 22.4 Å². The molecule has 11 heteroatoms. The molecular weight excluding hydrogens is 489 g/mol. The molecule has 1 saturated carbocycles. The largest absolute Gasteiger partial charge is 0.460 e. The lowest BCUT2D eigenvalue weighted by molar-refractivity contribution is -0.155. The molecule has 3 rings (SSSR count). The van der Waals surface area contributed by atoms with Gasteiger partial charge >= 0.3 is 11.9 Å². The molecule has 0 bridgehead atoms. The zero-order valence-electron chi connectivity index (χ0n) is 21.0. The molecule has 0 radical (unpaired) electrons. The summed E-state index contributed by atoms with van der Waals surface area (Å²) < 4.78 is 50.6. The molecule has 2 aromatic rings. The maximum atomic E-state index is 13.1. The summed E-state index contributed by atoms with van der Waals surface area (Å²) in [6.45, 7) is 5.33.